The van der Waals surface area contributed by atoms with Crippen LogP contribution >= 0.6 is 0 Å². The zero-order valence-corrected chi connectivity index (χ0v) is 11.7. The Labute approximate surface area is 110 Å². The molecule has 0 amide bonds. The minimum absolute atomic E-state index is 0.00262. The Morgan fingerprint density at radius 2 is 1.72 bits per heavy atom. The van der Waals surface area contributed by atoms with Gasteiger partial charge in [-0.3, -0.25) is 4.90 Å². The molecule has 3 nitrogen and oxygen atoms in total. The highest BCUT2D eigenvalue weighted by Gasteiger charge is 2.34. The largest absolute Gasteiger partial charge is 0.322 e. The Morgan fingerprint density at radius 1 is 1.17 bits per heavy atom. The lowest BCUT2D eigenvalue weighted by Gasteiger charge is -2.45. The van der Waals surface area contributed by atoms with E-state index < -0.39 is 0 Å². The van der Waals surface area contributed by atoms with Gasteiger partial charge in [-0.15, -0.1) is 0 Å². The summed E-state index contributed by atoms with van der Waals surface area (Å²) in [6.07, 6.45) is 0. The van der Waals surface area contributed by atoms with Crippen molar-refractivity contribution in [2.45, 2.75) is 32.4 Å². The molecular weight excluding hydrogens is 222 g/mol. The number of nitrogens with one attached hydrogen (secondary N) is 1. The van der Waals surface area contributed by atoms with Gasteiger partial charge in [-0.2, -0.15) is 0 Å². The molecule has 3 heteroatoms. The Kier molecular flexibility index (Phi) is 4.05. The van der Waals surface area contributed by atoms with Crippen molar-refractivity contribution in [1.82, 2.24) is 10.2 Å². The molecule has 1 saturated heterocycles. The molecule has 1 aromatic carbocycles. The van der Waals surface area contributed by atoms with Crippen molar-refractivity contribution in [2.75, 3.05) is 26.2 Å². The average Bonchev–Trinajstić information content (AvgIpc) is 2.40. The van der Waals surface area contributed by atoms with E-state index in [4.69, 9.17) is 5.73 Å². The van der Waals surface area contributed by atoms with Gasteiger partial charge in [0.1, 0.15) is 0 Å². The standard InChI is InChI=1S/C15H25N3/c1-12-4-6-13(7-5-12)14(16)15(2,3)18-10-8-17-9-11-18/h4-7,14,17H,8-11,16H2,1-3H3. The highest BCUT2D eigenvalue weighted by molar-refractivity contribution is 5.26. The van der Waals surface area contributed by atoms with Crippen LogP contribution in [-0.2, 0) is 0 Å². The van der Waals surface area contributed by atoms with E-state index in [9.17, 15) is 0 Å². The minimum Gasteiger partial charge on any atom is -0.322 e. The van der Waals surface area contributed by atoms with E-state index in [1.807, 2.05) is 0 Å². The van der Waals surface area contributed by atoms with E-state index >= 15 is 0 Å². The van der Waals surface area contributed by atoms with Gasteiger partial charge in [-0.25, -0.2) is 0 Å². The molecule has 0 aliphatic carbocycles. The van der Waals surface area contributed by atoms with E-state index in [-0.39, 0.29) is 11.6 Å². The molecule has 1 atom stereocenters. The Morgan fingerprint density at radius 3 is 2.28 bits per heavy atom. The third kappa shape index (κ3) is 2.74. The lowest BCUT2D eigenvalue weighted by molar-refractivity contribution is 0.0800. The normalized spacial score (nSPS) is 19.8. The van der Waals surface area contributed by atoms with E-state index in [0.29, 0.717) is 0 Å². The van der Waals surface area contributed by atoms with Gasteiger partial charge in [0.25, 0.3) is 0 Å². The highest BCUT2D eigenvalue weighted by Crippen LogP contribution is 2.29. The molecule has 1 unspecified atom stereocenters. The van der Waals surface area contributed by atoms with Crippen LogP contribution < -0.4 is 11.1 Å². The predicted molar refractivity (Wildman–Crippen MR) is 76.6 cm³/mol. The summed E-state index contributed by atoms with van der Waals surface area (Å²) >= 11 is 0. The van der Waals surface area contributed by atoms with Crippen LogP contribution in [0.1, 0.15) is 31.0 Å². The molecule has 2 rings (SSSR count). The molecule has 0 saturated carbocycles. The van der Waals surface area contributed by atoms with Gasteiger partial charge in [0, 0.05) is 37.8 Å². The summed E-state index contributed by atoms with van der Waals surface area (Å²) in [4.78, 5) is 2.49. The van der Waals surface area contributed by atoms with Gasteiger partial charge < -0.3 is 11.1 Å². The minimum atomic E-state index is -0.00262. The van der Waals surface area contributed by atoms with Gasteiger partial charge in [-0.05, 0) is 26.3 Å². The highest BCUT2D eigenvalue weighted by atomic mass is 15.2. The molecule has 1 aliphatic heterocycles. The summed E-state index contributed by atoms with van der Waals surface area (Å²) in [6, 6.07) is 8.65. The van der Waals surface area contributed by atoms with E-state index in [0.717, 1.165) is 26.2 Å². The number of rotatable bonds is 3. The molecular formula is C15H25N3. The molecule has 100 valence electrons. The van der Waals surface area contributed by atoms with Crippen molar-refractivity contribution in [2.24, 2.45) is 5.73 Å². The van der Waals surface area contributed by atoms with Crippen LogP contribution in [0.4, 0.5) is 0 Å². The van der Waals surface area contributed by atoms with Crippen molar-refractivity contribution in [3.05, 3.63) is 35.4 Å². The molecule has 0 radical (unpaired) electrons. The fourth-order valence-corrected chi connectivity index (χ4v) is 2.62. The summed E-state index contributed by atoms with van der Waals surface area (Å²) in [6.45, 7) is 10.9. The van der Waals surface area contributed by atoms with Gasteiger partial charge in [0.15, 0.2) is 0 Å². The fraction of sp³-hybridized carbons (Fsp3) is 0.600. The van der Waals surface area contributed by atoms with Crippen LogP contribution in [0.25, 0.3) is 0 Å². The summed E-state index contributed by atoms with van der Waals surface area (Å²) in [7, 11) is 0. The van der Waals surface area contributed by atoms with Gasteiger partial charge in [-0.1, -0.05) is 29.8 Å². The zero-order valence-electron chi connectivity index (χ0n) is 11.7. The van der Waals surface area contributed by atoms with E-state index in [1.54, 1.807) is 0 Å². The lowest BCUT2D eigenvalue weighted by atomic mass is 9.87. The number of piperazine rings is 1. The topological polar surface area (TPSA) is 41.3 Å². The Balaban J connectivity index is 2.14. The summed E-state index contributed by atoms with van der Waals surface area (Å²) in [5, 5.41) is 3.39. The second kappa shape index (κ2) is 5.39. The second-order valence-electron chi connectivity index (χ2n) is 5.78. The quantitative estimate of drug-likeness (QED) is 0.854. The molecule has 1 aliphatic rings. The van der Waals surface area contributed by atoms with Crippen LogP contribution in [0.2, 0.25) is 0 Å². The van der Waals surface area contributed by atoms with Crippen LogP contribution in [0.3, 0.4) is 0 Å². The molecule has 3 N–H and O–H groups in total. The number of hydrogen-bond acceptors (Lipinski definition) is 3. The first-order valence-electron chi connectivity index (χ1n) is 6.80. The molecule has 1 fully saturated rings. The van der Waals surface area contributed by atoms with E-state index in [2.05, 4.69) is 55.3 Å². The number of hydrogen-bond donors (Lipinski definition) is 2. The number of aryl methyl sites for hydroxylation is 1. The Hall–Kier alpha value is -0.900. The van der Waals surface area contributed by atoms with Crippen LogP contribution in [0, 0.1) is 6.92 Å². The summed E-state index contributed by atoms with van der Waals surface area (Å²) in [5.41, 5.74) is 9.00. The third-order valence-corrected chi connectivity index (χ3v) is 4.13. The van der Waals surface area contributed by atoms with Gasteiger partial charge in [0.05, 0.1) is 0 Å². The Bertz CT molecular complexity index is 377. The summed E-state index contributed by atoms with van der Waals surface area (Å²) in [5.74, 6) is 0. The molecule has 0 aromatic heterocycles. The van der Waals surface area contributed by atoms with Crippen molar-refractivity contribution in [3.63, 3.8) is 0 Å². The summed E-state index contributed by atoms with van der Waals surface area (Å²) < 4.78 is 0. The molecule has 0 spiro atoms. The van der Waals surface area contributed by atoms with Crippen molar-refractivity contribution < 1.29 is 0 Å². The fourth-order valence-electron chi connectivity index (χ4n) is 2.62. The van der Waals surface area contributed by atoms with E-state index in [1.165, 1.54) is 11.1 Å². The maximum atomic E-state index is 6.49. The maximum Gasteiger partial charge on any atom is 0.0476 e. The van der Waals surface area contributed by atoms with Gasteiger partial charge in [0.2, 0.25) is 0 Å². The molecule has 18 heavy (non-hydrogen) atoms. The van der Waals surface area contributed by atoms with Crippen molar-refractivity contribution >= 4 is 0 Å². The first-order chi connectivity index (χ1) is 8.51. The average molecular weight is 247 g/mol. The first kappa shape index (κ1) is 13.5. The monoisotopic (exact) mass is 247 g/mol. The lowest BCUT2D eigenvalue weighted by Crippen LogP contribution is -2.57. The van der Waals surface area contributed by atoms with Crippen molar-refractivity contribution in [1.29, 1.82) is 0 Å². The van der Waals surface area contributed by atoms with Crippen molar-refractivity contribution in [3.8, 4) is 0 Å². The number of nitrogens with two attached hydrogens (primary N) is 1. The third-order valence-electron chi connectivity index (χ3n) is 4.13. The van der Waals surface area contributed by atoms with Crippen LogP contribution in [0.5, 0.6) is 0 Å². The smallest absolute Gasteiger partial charge is 0.0476 e. The predicted octanol–water partition coefficient (Wildman–Crippen LogP) is 1.68. The first-order valence-corrected chi connectivity index (χ1v) is 6.80. The van der Waals surface area contributed by atoms with Crippen LogP contribution in [0.15, 0.2) is 24.3 Å². The maximum absolute atomic E-state index is 6.49. The second-order valence-corrected chi connectivity index (χ2v) is 5.78. The molecule has 1 aromatic rings. The molecule has 1 heterocycles. The molecule has 0 bridgehead atoms. The van der Waals surface area contributed by atoms with Gasteiger partial charge >= 0.3 is 0 Å². The number of benzene rings is 1. The SMILES string of the molecule is Cc1ccc(C(N)C(C)(C)N2CCNCC2)cc1. The zero-order chi connectivity index (χ0) is 13.2. The number of nitrogens with zero attached hydrogens (tertiary/aromatic N) is 1. The van der Waals surface area contributed by atoms with Crippen LogP contribution in [-0.4, -0.2) is 36.6 Å².